The molecule has 0 saturated heterocycles. The fraction of sp³-hybridized carbons (Fsp3) is 0. The Morgan fingerprint density at radius 2 is 2.00 bits per heavy atom. The zero-order chi connectivity index (χ0) is 13.2. The Bertz CT molecular complexity index is 705. The van der Waals surface area contributed by atoms with E-state index in [9.17, 15) is 4.39 Å². The van der Waals surface area contributed by atoms with Crippen LogP contribution in [-0.2, 0) is 0 Å². The lowest BCUT2D eigenvalue weighted by atomic mass is 10.2. The number of nitrogens with zero attached hydrogens (tertiary/aromatic N) is 4. The molecule has 5 nitrogen and oxygen atoms in total. The number of pyridine rings is 1. The molecule has 0 amide bonds. The number of hydrogen-bond acceptors (Lipinski definition) is 4. The normalized spacial score (nSPS) is 10.6. The average Bonchev–Trinajstić information content (AvgIpc) is 2.89. The number of benzene rings is 1. The molecule has 6 heteroatoms. The second kappa shape index (κ2) is 4.49. The van der Waals surface area contributed by atoms with Crippen LogP contribution in [0.1, 0.15) is 0 Å². The van der Waals surface area contributed by atoms with Crippen LogP contribution in [-0.4, -0.2) is 19.7 Å². The Morgan fingerprint density at radius 1 is 1.11 bits per heavy atom. The molecule has 0 saturated carbocycles. The first-order valence-corrected chi connectivity index (χ1v) is 5.62. The van der Waals surface area contributed by atoms with Crippen LogP contribution in [0.4, 0.5) is 10.1 Å². The molecular weight excluding hydrogens is 245 g/mol. The van der Waals surface area contributed by atoms with Gasteiger partial charge in [0.25, 0.3) is 0 Å². The third kappa shape index (κ3) is 2.28. The van der Waals surface area contributed by atoms with Gasteiger partial charge in [-0.25, -0.2) is 19.0 Å². The summed E-state index contributed by atoms with van der Waals surface area (Å²) < 4.78 is 14.3. The zero-order valence-corrected chi connectivity index (χ0v) is 9.86. The van der Waals surface area contributed by atoms with E-state index < -0.39 is 0 Å². The minimum absolute atomic E-state index is 0.389. The second-order valence-electron chi connectivity index (χ2n) is 3.97. The first kappa shape index (κ1) is 11.3. The minimum atomic E-state index is -0.389. The van der Waals surface area contributed by atoms with E-state index in [4.69, 9.17) is 5.73 Å². The summed E-state index contributed by atoms with van der Waals surface area (Å²) in [5.74, 6) is 0.655. The Hall–Kier alpha value is -2.76. The maximum atomic E-state index is 12.8. The van der Waals surface area contributed by atoms with Gasteiger partial charge in [0.1, 0.15) is 12.1 Å². The van der Waals surface area contributed by atoms with Crippen molar-refractivity contribution in [1.29, 1.82) is 0 Å². The molecule has 94 valence electrons. The first-order chi connectivity index (χ1) is 9.22. The molecule has 0 unspecified atom stereocenters. The average molecular weight is 255 g/mol. The van der Waals surface area contributed by atoms with Crippen LogP contribution in [0.2, 0.25) is 0 Å². The molecular formula is C13H10FN5. The largest absolute Gasteiger partial charge is 0.399 e. The Kier molecular flexibility index (Phi) is 2.68. The van der Waals surface area contributed by atoms with Crippen LogP contribution in [0.25, 0.3) is 17.2 Å². The van der Waals surface area contributed by atoms with Crippen molar-refractivity contribution in [1.82, 2.24) is 19.7 Å². The highest BCUT2D eigenvalue weighted by molar-refractivity contribution is 5.60. The van der Waals surface area contributed by atoms with Crippen molar-refractivity contribution in [2.24, 2.45) is 0 Å². The number of rotatable bonds is 2. The third-order valence-electron chi connectivity index (χ3n) is 2.58. The van der Waals surface area contributed by atoms with Gasteiger partial charge >= 0.3 is 0 Å². The fourth-order valence-electron chi connectivity index (χ4n) is 1.69. The van der Waals surface area contributed by atoms with Crippen molar-refractivity contribution < 1.29 is 4.39 Å². The summed E-state index contributed by atoms with van der Waals surface area (Å²) in [6, 6.07) is 10.1. The number of nitrogen functional groups attached to an aromatic ring is 1. The number of nitrogens with two attached hydrogens (primary N) is 1. The second-order valence-corrected chi connectivity index (χ2v) is 3.97. The van der Waals surface area contributed by atoms with Crippen LogP contribution in [0.15, 0.2) is 48.9 Å². The highest BCUT2D eigenvalue weighted by atomic mass is 19.1. The third-order valence-corrected chi connectivity index (χ3v) is 2.58. The number of aromatic nitrogens is 4. The van der Waals surface area contributed by atoms with Crippen LogP contribution < -0.4 is 5.73 Å². The SMILES string of the molecule is Nc1cccc(-c2ncn(-c3ccc(F)cn3)n2)c1. The van der Waals surface area contributed by atoms with E-state index in [1.54, 1.807) is 12.1 Å². The molecule has 2 heterocycles. The molecule has 0 aliphatic rings. The quantitative estimate of drug-likeness (QED) is 0.711. The fourth-order valence-corrected chi connectivity index (χ4v) is 1.69. The topological polar surface area (TPSA) is 69.6 Å². The molecule has 0 radical (unpaired) electrons. The van der Waals surface area contributed by atoms with Gasteiger partial charge in [-0.3, -0.25) is 0 Å². The van der Waals surface area contributed by atoms with Crippen molar-refractivity contribution in [2.45, 2.75) is 0 Å². The van der Waals surface area contributed by atoms with E-state index in [-0.39, 0.29) is 5.82 Å². The van der Waals surface area contributed by atoms with E-state index in [0.29, 0.717) is 17.3 Å². The van der Waals surface area contributed by atoms with Crippen LogP contribution in [0, 0.1) is 5.82 Å². The maximum Gasteiger partial charge on any atom is 0.181 e. The first-order valence-electron chi connectivity index (χ1n) is 5.62. The number of halogens is 1. The summed E-state index contributed by atoms with van der Waals surface area (Å²) in [5, 5.41) is 4.29. The van der Waals surface area contributed by atoms with Gasteiger partial charge in [-0.2, -0.15) is 0 Å². The molecule has 3 aromatic rings. The van der Waals surface area contributed by atoms with Gasteiger partial charge < -0.3 is 5.73 Å². The van der Waals surface area contributed by atoms with Gasteiger partial charge in [-0.15, -0.1) is 5.10 Å². The van der Waals surface area contributed by atoms with Gasteiger partial charge in [-0.05, 0) is 24.3 Å². The van der Waals surface area contributed by atoms with E-state index in [1.807, 2.05) is 12.1 Å². The van der Waals surface area contributed by atoms with E-state index >= 15 is 0 Å². The molecule has 0 fully saturated rings. The molecule has 2 aromatic heterocycles. The Balaban J connectivity index is 1.97. The number of hydrogen-bond donors (Lipinski definition) is 1. The highest BCUT2D eigenvalue weighted by Gasteiger charge is 2.06. The van der Waals surface area contributed by atoms with Gasteiger partial charge in [-0.1, -0.05) is 12.1 Å². The number of anilines is 1. The monoisotopic (exact) mass is 255 g/mol. The molecule has 1 aromatic carbocycles. The summed E-state index contributed by atoms with van der Waals surface area (Å²) in [4.78, 5) is 8.12. The predicted molar refractivity (Wildman–Crippen MR) is 69.0 cm³/mol. The van der Waals surface area contributed by atoms with E-state index in [1.165, 1.54) is 23.1 Å². The molecule has 0 aliphatic heterocycles. The maximum absolute atomic E-state index is 12.8. The van der Waals surface area contributed by atoms with E-state index in [0.717, 1.165) is 11.8 Å². The molecule has 19 heavy (non-hydrogen) atoms. The van der Waals surface area contributed by atoms with Crippen molar-refractivity contribution in [2.75, 3.05) is 5.73 Å². The Labute approximate surface area is 108 Å². The van der Waals surface area contributed by atoms with Crippen LogP contribution in [0.3, 0.4) is 0 Å². The summed E-state index contributed by atoms with van der Waals surface area (Å²) in [6.45, 7) is 0. The van der Waals surface area contributed by atoms with Crippen molar-refractivity contribution in [3.63, 3.8) is 0 Å². The van der Waals surface area contributed by atoms with Crippen LogP contribution in [0.5, 0.6) is 0 Å². The van der Waals surface area contributed by atoms with Crippen LogP contribution >= 0.6 is 0 Å². The van der Waals surface area contributed by atoms with Gasteiger partial charge in [0.15, 0.2) is 11.6 Å². The molecule has 0 atom stereocenters. The van der Waals surface area contributed by atoms with Crippen molar-refractivity contribution in [3.8, 4) is 17.2 Å². The summed E-state index contributed by atoms with van der Waals surface area (Å²) in [7, 11) is 0. The predicted octanol–water partition coefficient (Wildman–Crippen LogP) is 2.05. The lowest BCUT2D eigenvalue weighted by Gasteiger charge is -1.99. The minimum Gasteiger partial charge on any atom is -0.399 e. The highest BCUT2D eigenvalue weighted by Crippen LogP contribution is 2.17. The molecule has 0 bridgehead atoms. The Morgan fingerprint density at radius 3 is 2.74 bits per heavy atom. The van der Waals surface area contributed by atoms with Crippen molar-refractivity contribution in [3.05, 3.63) is 54.7 Å². The van der Waals surface area contributed by atoms with Gasteiger partial charge in [0, 0.05) is 11.3 Å². The summed E-state index contributed by atoms with van der Waals surface area (Å²) in [6.07, 6.45) is 2.66. The smallest absolute Gasteiger partial charge is 0.181 e. The van der Waals surface area contributed by atoms with Gasteiger partial charge in [0.2, 0.25) is 0 Å². The molecule has 0 spiro atoms. The molecule has 0 aliphatic carbocycles. The zero-order valence-electron chi connectivity index (χ0n) is 9.86. The van der Waals surface area contributed by atoms with E-state index in [2.05, 4.69) is 15.1 Å². The van der Waals surface area contributed by atoms with Gasteiger partial charge in [0.05, 0.1) is 6.20 Å². The molecule has 2 N–H and O–H groups in total. The lowest BCUT2D eigenvalue weighted by molar-refractivity contribution is 0.619. The lowest BCUT2D eigenvalue weighted by Crippen LogP contribution is -1.98. The van der Waals surface area contributed by atoms with Crippen molar-refractivity contribution >= 4 is 5.69 Å². The molecule has 3 rings (SSSR count). The summed E-state index contributed by atoms with van der Waals surface area (Å²) >= 11 is 0. The standard InChI is InChI=1S/C13H10FN5/c14-10-4-5-12(16-7-10)19-8-17-13(18-19)9-2-1-3-11(15)6-9/h1-8H,15H2. The summed E-state index contributed by atoms with van der Waals surface area (Å²) in [5.41, 5.74) is 7.18.